The second-order valence-electron chi connectivity index (χ2n) is 7.31. The highest BCUT2D eigenvalue weighted by Crippen LogP contribution is 2.19. The Morgan fingerprint density at radius 2 is 1.64 bits per heavy atom. The van der Waals surface area contributed by atoms with Crippen molar-refractivity contribution in [3.8, 4) is 0 Å². The molecule has 2 rings (SSSR count). The van der Waals surface area contributed by atoms with E-state index in [0.29, 0.717) is 23.7 Å². The summed E-state index contributed by atoms with van der Waals surface area (Å²) in [5, 5.41) is 2.98. The predicted molar refractivity (Wildman–Crippen MR) is 115 cm³/mol. The fraction of sp³-hybridized carbons (Fsp3) is 0.350. The van der Waals surface area contributed by atoms with Crippen molar-refractivity contribution in [3.63, 3.8) is 0 Å². The Kier molecular flexibility index (Phi) is 8.48. The molecule has 0 fully saturated rings. The molecule has 0 bridgehead atoms. The lowest BCUT2D eigenvalue weighted by Crippen LogP contribution is -2.52. The molecule has 0 radical (unpaired) electrons. The minimum Gasteiger partial charge on any atom is -0.346 e. The topological polar surface area (TPSA) is 101 Å². The van der Waals surface area contributed by atoms with Gasteiger partial charge in [-0.15, -0.1) is 12.4 Å². The molecule has 1 atom stereocenters. The van der Waals surface area contributed by atoms with E-state index in [-0.39, 0.29) is 23.2 Å². The number of carbonyl (C=O) groups is 1. The first-order valence-corrected chi connectivity index (χ1v) is 10.3. The molecule has 0 spiro atoms. The molecule has 1 unspecified atom stereocenters. The number of carbonyl (C=O) groups excluding carboxylic acids is 1. The molecule has 8 heteroatoms. The molecule has 0 saturated carbocycles. The highest BCUT2D eigenvalue weighted by Gasteiger charge is 2.26. The van der Waals surface area contributed by atoms with Gasteiger partial charge in [0.15, 0.2) is 0 Å². The van der Waals surface area contributed by atoms with Crippen LogP contribution in [0.15, 0.2) is 59.5 Å². The zero-order chi connectivity index (χ0) is 20.1. The van der Waals surface area contributed by atoms with E-state index in [4.69, 9.17) is 5.73 Å². The highest BCUT2D eigenvalue weighted by atomic mass is 35.5. The van der Waals surface area contributed by atoms with Crippen LogP contribution in [0.1, 0.15) is 37.6 Å². The van der Waals surface area contributed by atoms with Crippen molar-refractivity contribution >= 4 is 34.0 Å². The molecule has 1 amide bonds. The van der Waals surface area contributed by atoms with Crippen LogP contribution in [0.2, 0.25) is 0 Å². The summed E-state index contributed by atoms with van der Waals surface area (Å²) in [6.45, 7) is 6.42. The summed E-state index contributed by atoms with van der Waals surface area (Å²) in [7, 11) is -3.66. The van der Waals surface area contributed by atoms with Crippen LogP contribution < -0.4 is 15.8 Å². The minimum absolute atomic E-state index is 0. The molecule has 2 aromatic rings. The standard InChI is InChI=1S/C20H27N3O3S.ClH/c1-15(2)13-20(3,14-21)22-19(24)16-9-11-17(12-10-16)23-27(25,26)18-7-5-4-6-8-18;/h4-12,15,23H,13-14,21H2,1-3H3,(H,22,24);1H. The number of halogens is 1. The van der Waals surface area contributed by atoms with E-state index in [2.05, 4.69) is 23.9 Å². The first-order valence-electron chi connectivity index (χ1n) is 8.86. The van der Waals surface area contributed by atoms with Gasteiger partial charge in [-0.25, -0.2) is 8.42 Å². The van der Waals surface area contributed by atoms with Crippen LogP contribution in [0.4, 0.5) is 5.69 Å². The van der Waals surface area contributed by atoms with E-state index in [1.54, 1.807) is 42.5 Å². The van der Waals surface area contributed by atoms with E-state index < -0.39 is 15.6 Å². The van der Waals surface area contributed by atoms with Crippen LogP contribution in [0.25, 0.3) is 0 Å². The summed E-state index contributed by atoms with van der Waals surface area (Å²) in [4.78, 5) is 12.7. The second kappa shape index (κ2) is 9.91. The Balaban J connectivity index is 0.00000392. The maximum atomic E-state index is 12.5. The summed E-state index contributed by atoms with van der Waals surface area (Å²) in [6.07, 6.45) is 0.768. The maximum absolute atomic E-state index is 12.5. The summed E-state index contributed by atoms with van der Waals surface area (Å²) < 4.78 is 27.2. The van der Waals surface area contributed by atoms with Gasteiger partial charge in [0.2, 0.25) is 0 Å². The Morgan fingerprint density at radius 1 is 1.07 bits per heavy atom. The number of amides is 1. The second-order valence-corrected chi connectivity index (χ2v) is 9.00. The molecular formula is C20H28ClN3O3S. The van der Waals surface area contributed by atoms with Crippen molar-refractivity contribution in [1.82, 2.24) is 5.32 Å². The Morgan fingerprint density at radius 3 is 2.14 bits per heavy atom. The van der Waals surface area contributed by atoms with Crippen LogP contribution in [0.5, 0.6) is 0 Å². The number of rotatable bonds is 8. The van der Waals surface area contributed by atoms with Crippen molar-refractivity contribution in [1.29, 1.82) is 0 Å². The van der Waals surface area contributed by atoms with Gasteiger partial charge < -0.3 is 11.1 Å². The molecule has 6 nitrogen and oxygen atoms in total. The van der Waals surface area contributed by atoms with Crippen molar-refractivity contribution in [2.75, 3.05) is 11.3 Å². The van der Waals surface area contributed by atoms with Gasteiger partial charge in [0.25, 0.3) is 15.9 Å². The molecule has 0 saturated heterocycles. The summed E-state index contributed by atoms with van der Waals surface area (Å²) in [6, 6.07) is 14.4. The normalized spacial score (nSPS) is 13.3. The molecule has 154 valence electrons. The lowest BCUT2D eigenvalue weighted by atomic mass is 9.90. The van der Waals surface area contributed by atoms with Crippen LogP contribution >= 0.6 is 12.4 Å². The van der Waals surface area contributed by atoms with Crippen molar-refractivity contribution in [3.05, 3.63) is 60.2 Å². The number of sulfonamides is 1. The highest BCUT2D eigenvalue weighted by molar-refractivity contribution is 7.92. The van der Waals surface area contributed by atoms with E-state index in [0.717, 1.165) is 6.42 Å². The molecule has 0 aliphatic rings. The molecule has 0 aliphatic heterocycles. The first kappa shape index (κ1) is 23.9. The Hall–Kier alpha value is -2.09. The van der Waals surface area contributed by atoms with Crippen molar-refractivity contribution in [2.24, 2.45) is 11.7 Å². The average Bonchev–Trinajstić information content (AvgIpc) is 2.62. The fourth-order valence-electron chi connectivity index (χ4n) is 2.94. The maximum Gasteiger partial charge on any atom is 0.261 e. The number of anilines is 1. The van der Waals surface area contributed by atoms with Gasteiger partial charge in [0.05, 0.1) is 4.90 Å². The van der Waals surface area contributed by atoms with E-state index in [9.17, 15) is 13.2 Å². The van der Waals surface area contributed by atoms with Gasteiger partial charge in [0, 0.05) is 23.3 Å². The molecule has 4 N–H and O–H groups in total. The monoisotopic (exact) mass is 425 g/mol. The third-order valence-electron chi connectivity index (χ3n) is 4.18. The Labute approximate surface area is 173 Å². The van der Waals surface area contributed by atoms with Gasteiger partial charge in [-0.3, -0.25) is 9.52 Å². The lowest BCUT2D eigenvalue weighted by Gasteiger charge is -2.31. The molecular weight excluding hydrogens is 398 g/mol. The van der Waals surface area contributed by atoms with Crippen molar-refractivity contribution < 1.29 is 13.2 Å². The lowest BCUT2D eigenvalue weighted by molar-refractivity contribution is 0.0898. The van der Waals surface area contributed by atoms with E-state index in [1.807, 2.05) is 6.92 Å². The third kappa shape index (κ3) is 6.51. The van der Waals surface area contributed by atoms with Crippen LogP contribution in [0.3, 0.4) is 0 Å². The summed E-state index contributed by atoms with van der Waals surface area (Å²) in [5.74, 6) is 0.162. The molecule has 2 aromatic carbocycles. The zero-order valence-corrected chi connectivity index (χ0v) is 17.9. The van der Waals surface area contributed by atoms with E-state index in [1.165, 1.54) is 12.1 Å². The fourth-order valence-corrected chi connectivity index (χ4v) is 4.02. The zero-order valence-electron chi connectivity index (χ0n) is 16.3. The number of hydrogen-bond acceptors (Lipinski definition) is 4. The number of nitrogens with two attached hydrogens (primary N) is 1. The quantitative estimate of drug-likeness (QED) is 0.603. The van der Waals surface area contributed by atoms with Crippen LogP contribution in [-0.2, 0) is 10.0 Å². The predicted octanol–water partition coefficient (Wildman–Crippen LogP) is 3.40. The number of hydrogen-bond donors (Lipinski definition) is 3. The molecule has 0 aromatic heterocycles. The van der Waals surface area contributed by atoms with Crippen LogP contribution in [-0.4, -0.2) is 26.4 Å². The molecule has 28 heavy (non-hydrogen) atoms. The van der Waals surface area contributed by atoms with Gasteiger partial charge >= 0.3 is 0 Å². The molecule has 0 heterocycles. The largest absolute Gasteiger partial charge is 0.346 e. The van der Waals surface area contributed by atoms with Gasteiger partial charge in [-0.05, 0) is 55.7 Å². The third-order valence-corrected chi connectivity index (χ3v) is 5.57. The minimum atomic E-state index is -3.66. The van der Waals surface area contributed by atoms with Gasteiger partial charge in [-0.2, -0.15) is 0 Å². The van der Waals surface area contributed by atoms with E-state index >= 15 is 0 Å². The number of benzene rings is 2. The average molecular weight is 426 g/mol. The Bertz CT molecular complexity index is 871. The van der Waals surface area contributed by atoms with Gasteiger partial charge in [-0.1, -0.05) is 32.0 Å². The SMILES string of the molecule is CC(C)CC(C)(CN)NC(=O)c1ccc(NS(=O)(=O)c2ccccc2)cc1.Cl. The number of nitrogens with one attached hydrogen (secondary N) is 2. The summed E-state index contributed by atoms with van der Waals surface area (Å²) in [5.41, 5.74) is 6.19. The van der Waals surface area contributed by atoms with Crippen molar-refractivity contribution in [2.45, 2.75) is 37.6 Å². The molecule has 0 aliphatic carbocycles. The smallest absolute Gasteiger partial charge is 0.261 e. The van der Waals surface area contributed by atoms with Crippen LogP contribution in [0, 0.1) is 5.92 Å². The first-order chi connectivity index (χ1) is 12.6. The summed E-state index contributed by atoms with van der Waals surface area (Å²) >= 11 is 0. The van der Waals surface area contributed by atoms with Gasteiger partial charge in [0.1, 0.15) is 0 Å².